The van der Waals surface area contributed by atoms with Crippen LogP contribution in [0, 0.1) is 17.8 Å². The Morgan fingerprint density at radius 2 is 2.00 bits per heavy atom. The maximum absolute atomic E-state index is 12.0. The molecule has 1 saturated heterocycles. The Morgan fingerprint density at radius 3 is 2.48 bits per heavy atom. The summed E-state index contributed by atoms with van der Waals surface area (Å²) in [6.07, 6.45) is 2.30. The second-order valence-corrected chi connectivity index (χ2v) is 7.27. The summed E-state index contributed by atoms with van der Waals surface area (Å²) in [6, 6.07) is 0. The van der Waals surface area contributed by atoms with E-state index in [4.69, 9.17) is 9.84 Å². The lowest BCUT2D eigenvalue weighted by Crippen LogP contribution is -2.45. The summed E-state index contributed by atoms with van der Waals surface area (Å²) in [5.41, 5.74) is -0.464. The first-order valence-electron chi connectivity index (χ1n) is 7.81. The molecule has 1 N–H and O–H groups in total. The molecule has 5 nitrogen and oxygen atoms in total. The van der Waals surface area contributed by atoms with Crippen molar-refractivity contribution < 1.29 is 19.4 Å². The van der Waals surface area contributed by atoms with Gasteiger partial charge in [0.05, 0.1) is 5.92 Å². The fourth-order valence-corrected chi connectivity index (χ4v) is 2.70. The number of rotatable bonds is 4. The summed E-state index contributed by atoms with van der Waals surface area (Å²) in [6.45, 7) is 10.9. The van der Waals surface area contributed by atoms with Gasteiger partial charge in [-0.2, -0.15) is 0 Å². The van der Waals surface area contributed by atoms with E-state index in [-0.39, 0.29) is 12.0 Å². The van der Waals surface area contributed by atoms with Crippen LogP contribution in [0.1, 0.15) is 53.9 Å². The van der Waals surface area contributed by atoms with Crippen molar-refractivity contribution in [2.75, 3.05) is 13.1 Å². The molecule has 1 amide bonds. The topological polar surface area (TPSA) is 66.8 Å². The number of carboxylic acid groups (broad SMARTS) is 1. The fraction of sp³-hybridized carbons (Fsp3) is 0.875. The molecule has 0 aromatic carbocycles. The lowest BCUT2D eigenvalue weighted by atomic mass is 9.82. The monoisotopic (exact) mass is 299 g/mol. The highest BCUT2D eigenvalue weighted by Crippen LogP contribution is 2.29. The van der Waals surface area contributed by atoms with Crippen LogP contribution in [0.2, 0.25) is 0 Å². The van der Waals surface area contributed by atoms with E-state index in [1.54, 1.807) is 11.8 Å². The third-order valence-electron chi connectivity index (χ3n) is 4.13. The first kappa shape index (κ1) is 17.8. The number of carboxylic acids is 1. The van der Waals surface area contributed by atoms with Crippen molar-refractivity contribution in [2.24, 2.45) is 17.8 Å². The average molecular weight is 299 g/mol. The number of ether oxygens (including phenoxy) is 1. The zero-order chi connectivity index (χ0) is 16.2. The van der Waals surface area contributed by atoms with E-state index in [0.29, 0.717) is 31.3 Å². The van der Waals surface area contributed by atoms with Crippen molar-refractivity contribution in [3.63, 3.8) is 0 Å². The van der Waals surface area contributed by atoms with E-state index < -0.39 is 11.6 Å². The van der Waals surface area contributed by atoms with E-state index in [2.05, 4.69) is 6.92 Å². The van der Waals surface area contributed by atoms with Gasteiger partial charge in [-0.05, 0) is 51.9 Å². The molecule has 3 unspecified atom stereocenters. The summed E-state index contributed by atoms with van der Waals surface area (Å²) in [5.74, 6) is -0.146. The number of nitrogens with zero attached hydrogens (tertiary/aromatic N) is 1. The van der Waals surface area contributed by atoms with Crippen molar-refractivity contribution in [3.8, 4) is 0 Å². The van der Waals surface area contributed by atoms with Crippen molar-refractivity contribution in [1.29, 1.82) is 0 Å². The average Bonchev–Trinajstić information content (AvgIpc) is 2.34. The van der Waals surface area contributed by atoms with Gasteiger partial charge in [0.1, 0.15) is 5.60 Å². The first-order chi connectivity index (χ1) is 9.60. The van der Waals surface area contributed by atoms with Crippen LogP contribution < -0.4 is 0 Å². The van der Waals surface area contributed by atoms with E-state index in [0.717, 1.165) is 12.8 Å². The Morgan fingerprint density at radius 1 is 1.38 bits per heavy atom. The molecule has 0 bridgehead atoms. The van der Waals surface area contributed by atoms with E-state index in [1.165, 1.54) is 0 Å². The molecule has 1 fully saturated rings. The number of carbonyl (C=O) groups is 2. The summed E-state index contributed by atoms with van der Waals surface area (Å²) in [7, 11) is 0. The molecule has 1 heterocycles. The fourth-order valence-electron chi connectivity index (χ4n) is 2.70. The number of aliphatic carboxylic acids is 1. The standard InChI is InChI=1S/C16H29NO4/c1-11(14(18)19)6-7-13-8-9-17(10-12(13)2)15(20)21-16(3,4)5/h11-13H,6-10H2,1-5H3,(H,18,19). The van der Waals surface area contributed by atoms with Crippen LogP contribution in [0.15, 0.2) is 0 Å². The van der Waals surface area contributed by atoms with Gasteiger partial charge >= 0.3 is 12.1 Å². The Labute approximate surface area is 127 Å². The lowest BCUT2D eigenvalue weighted by Gasteiger charge is -2.37. The van der Waals surface area contributed by atoms with Gasteiger partial charge in [-0.15, -0.1) is 0 Å². The molecule has 0 aliphatic carbocycles. The number of hydrogen-bond donors (Lipinski definition) is 1. The largest absolute Gasteiger partial charge is 0.481 e. The van der Waals surface area contributed by atoms with Gasteiger partial charge in [0.2, 0.25) is 0 Å². The first-order valence-corrected chi connectivity index (χ1v) is 7.81. The predicted octanol–water partition coefficient (Wildman–Crippen LogP) is 3.38. The van der Waals surface area contributed by atoms with Crippen LogP contribution in [-0.2, 0) is 9.53 Å². The molecule has 0 saturated carbocycles. The zero-order valence-corrected chi connectivity index (χ0v) is 13.9. The smallest absolute Gasteiger partial charge is 0.410 e. The van der Waals surface area contributed by atoms with Gasteiger partial charge in [0.15, 0.2) is 0 Å². The van der Waals surface area contributed by atoms with Crippen molar-refractivity contribution in [1.82, 2.24) is 4.90 Å². The number of piperidine rings is 1. The predicted molar refractivity (Wildman–Crippen MR) is 81.1 cm³/mol. The van der Waals surface area contributed by atoms with Crippen molar-refractivity contribution >= 4 is 12.1 Å². The molecule has 1 rings (SSSR count). The highest BCUT2D eigenvalue weighted by atomic mass is 16.6. The van der Waals surface area contributed by atoms with Gasteiger partial charge in [-0.1, -0.05) is 13.8 Å². The van der Waals surface area contributed by atoms with Gasteiger partial charge in [0.25, 0.3) is 0 Å². The minimum atomic E-state index is -0.728. The third-order valence-corrected chi connectivity index (χ3v) is 4.13. The maximum atomic E-state index is 12.0. The highest BCUT2D eigenvalue weighted by molar-refractivity contribution is 5.69. The molecular formula is C16H29NO4. The summed E-state index contributed by atoms with van der Waals surface area (Å²) in [4.78, 5) is 24.7. The van der Waals surface area contributed by atoms with Gasteiger partial charge in [0, 0.05) is 13.1 Å². The molecule has 0 aromatic heterocycles. The molecular weight excluding hydrogens is 270 g/mol. The van der Waals surface area contributed by atoms with Gasteiger partial charge in [-0.25, -0.2) is 4.79 Å². The van der Waals surface area contributed by atoms with E-state index >= 15 is 0 Å². The number of carbonyl (C=O) groups excluding carboxylic acids is 1. The van der Waals surface area contributed by atoms with Crippen LogP contribution in [0.3, 0.4) is 0 Å². The summed E-state index contributed by atoms with van der Waals surface area (Å²) >= 11 is 0. The van der Waals surface area contributed by atoms with Crippen LogP contribution in [-0.4, -0.2) is 40.8 Å². The molecule has 5 heteroatoms. The second kappa shape index (κ2) is 7.14. The van der Waals surface area contributed by atoms with Gasteiger partial charge in [-0.3, -0.25) is 4.79 Å². The Kier molecular flexibility index (Phi) is 6.05. The number of hydrogen-bond acceptors (Lipinski definition) is 3. The Hall–Kier alpha value is -1.26. The van der Waals surface area contributed by atoms with E-state index in [9.17, 15) is 9.59 Å². The van der Waals surface area contributed by atoms with Crippen LogP contribution >= 0.6 is 0 Å². The number of likely N-dealkylation sites (tertiary alicyclic amines) is 1. The summed E-state index contributed by atoms with van der Waals surface area (Å²) in [5, 5.41) is 8.93. The quantitative estimate of drug-likeness (QED) is 0.864. The number of amides is 1. The van der Waals surface area contributed by atoms with Crippen LogP contribution in [0.25, 0.3) is 0 Å². The molecule has 0 radical (unpaired) electrons. The molecule has 3 atom stereocenters. The van der Waals surface area contributed by atoms with Crippen LogP contribution in [0.4, 0.5) is 4.79 Å². The highest BCUT2D eigenvalue weighted by Gasteiger charge is 2.31. The Balaban J connectivity index is 2.43. The lowest BCUT2D eigenvalue weighted by molar-refractivity contribution is -0.141. The molecule has 1 aliphatic heterocycles. The van der Waals surface area contributed by atoms with Crippen molar-refractivity contribution in [3.05, 3.63) is 0 Å². The Bertz CT molecular complexity index is 375. The van der Waals surface area contributed by atoms with Crippen LogP contribution in [0.5, 0.6) is 0 Å². The molecule has 1 aliphatic rings. The SMILES string of the molecule is CC(CCC1CCN(C(=O)OC(C)(C)C)CC1C)C(=O)O. The molecule has 21 heavy (non-hydrogen) atoms. The van der Waals surface area contributed by atoms with E-state index in [1.807, 2.05) is 20.8 Å². The molecule has 122 valence electrons. The van der Waals surface area contributed by atoms with Gasteiger partial charge < -0.3 is 14.7 Å². The second-order valence-electron chi connectivity index (χ2n) is 7.27. The summed E-state index contributed by atoms with van der Waals surface area (Å²) < 4.78 is 5.40. The maximum Gasteiger partial charge on any atom is 0.410 e. The molecule has 0 spiro atoms. The van der Waals surface area contributed by atoms with Crippen molar-refractivity contribution in [2.45, 2.75) is 59.5 Å². The zero-order valence-electron chi connectivity index (χ0n) is 13.9. The normalized spacial score (nSPS) is 24.5. The third kappa shape index (κ3) is 5.94. The molecule has 0 aromatic rings. The minimum absolute atomic E-state index is 0.244. The minimum Gasteiger partial charge on any atom is -0.481 e.